The second-order valence-corrected chi connectivity index (χ2v) is 6.57. The number of carbonyl (C=O) groups excluding carboxylic acids is 2. The topological polar surface area (TPSA) is 90.8 Å². The van der Waals surface area contributed by atoms with Crippen molar-refractivity contribution in [1.29, 1.82) is 0 Å². The van der Waals surface area contributed by atoms with Gasteiger partial charge in [-0.25, -0.2) is 5.43 Å². The molecule has 0 spiro atoms. The van der Waals surface area contributed by atoms with Crippen LogP contribution >= 0.6 is 0 Å². The first-order valence-corrected chi connectivity index (χ1v) is 7.80. The van der Waals surface area contributed by atoms with Crippen molar-refractivity contribution in [2.45, 2.75) is 20.8 Å². The van der Waals surface area contributed by atoms with Crippen molar-refractivity contribution in [3.05, 3.63) is 59.7 Å². The molecule has 0 aliphatic carbocycles. The van der Waals surface area contributed by atoms with E-state index in [0.29, 0.717) is 11.3 Å². The normalized spacial score (nSPS) is 11.3. The summed E-state index contributed by atoms with van der Waals surface area (Å²) in [6, 6.07) is 13.0. The molecule has 6 heteroatoms. The van der Waals surface area contributed by atoms with Crippen LogP contribution in [-0.4, -0.2) is 23.1 Å². The van der Waals surface area contributed by atoms with Gasteiger partial charge in [0.05, 0.1) is 6.21 Å². The van der Waals surface area contributed by atoms with E-state index < -0.39 is 5.41 Å². The van der Waals surface area contributed by atoms with Gasteiger partial charge >= 0.3 is 0 Å². The summed E-state index contributed by atoms with van der Waals surface area (Å²) in [6.07, 6.45) is 1.48. The molecule has 0 aromatic heterocycles. The van der Waals surface area contributed by atoms with Crippen LogP contribution < -0.4 is 10.7 Å². The highest BCUT2D eigenvalue weighted by molar-refractivity contribution is 5.97. The number of hydrogen-bond acceptors (Lipinski definition) is 4. The average Bonchev–Trinajstić information content (AvgIpc) is 2.56. The predicted octanol–water partition coefficient (Wildman–Crippen LogP) is 3.14. The van der Waals surface area contributed by atoms with E-state index in [2.05, 4.69) is 15.8 Å². The van der Waals surface area contributed by atoms with Gasteiger partial charge in [-0.05, 0) is 54.1 Å². The minimum Gasteiger partial charge on any atom is -0.508 e. The fourth-order valence-electron chi connectivity index (χ4n) is 1.81. The molecular formula is C19H21N3O3. The quantitative estimate of drug-likeness (QED) is 0.590. The Morgan fingerprint density at radius 3 is 2.16 bits per heavy atom. The number of phenolic OH excluding ortho intramolecular Hbond substituents is 1. The molecule has 0 aliphatic rings. The van der Waals surface area contributed by atoms with E-state index in [-0.39, 0.29) is 17.6 Å². The first-order valence-electron chi connectivity index (χ1n) is 7.80. The van der Waals surface area contributed by atoms with E-state index in [1.54, 1.807) is 36.4 Å². The highest BCUT2D eigenvalue weighted by atomic mass is 16.3. The Morgan fingerprint density at radius 1 is 1.00 bits per heavy atom. The number of hydrazone groups is 1. The lowest BCUT2D eigenvalue weighted by Gasteiger charge is -2.17. The third kappa shape index (κ3) is 5.46. The zero-order chi connectivity index (χ0) is 18.4. The number of nitrogens with one attached hydrogen (secondary N) is 2. The Kier molecular flexibility index (Phi) is 5.54. The van der Waals surface area contributed by atoms with Crippen LogP contribution in [0.25, 0.3) is 0 Å². The fourth-order valence-corrected chi connectivity index (χ4v) is 1.81. The molecular weight excluding hydrogens is 318 g/mol. The number of aromatic hydroxyl groups is 1. The van der Waals surface area contributed by atoms with Gasteiger partial charge in [-0.1, -0.05) is 20.8 Å². The van der Waals surface area contributed by atoms with Crippen LogP contribution in [-0.2, 0) is 4.79 Å². The van der Waals surface area contributed by atoms with Gasteiger partial charge in [0.25, 0.3) is 5.91 Å². The summed E-state index contributed by atoms with van der Waals surface area (Å²) < 4.78 is 0. The van der Waals surface area contributed by atoms with E-state index in [9.17, 15) is 14.7 Å². The van der Waals surface area contributed by atoms with Crippen LogP contribution in [0.2, 0.25) is 0 Å². The first-order chi connectivity index (χ1) is 11.8. The maximum atomic E-state index is 12.0. The van der Waals surface area contributed by atoms with Crippen molar-refractivity contribution >= 4 is 23.7 Å². The third-order valence-corrected chi connectivity index (χ3v) is 3.36. The number of nitrogens with zero attached hydrogens (tertiary/aromatic N) is 1. The second-order valence-electron chi connectivity index (χ2n) is 6.57. The van der Waals surface area contributed by atoms with Crippen molar-refractivity contribution < 1.29 is 14.7 Å². The van der Waals surface area contributed by atoms with Gasteiger partial charge in [-0.3, -0.25) is 9.59 Å². The molecule has 0 radical (unpaired) electrons. The lowest BCUT2D eigenvalue weighted by atomic mass is 9.95. The summed E-state index contributed by atoms with van der Waals surface area (Å²) >= 11 is 0. The number of amides is 2. The monoisotopic (exact) mass is 339 g/mol. The van der Waals surface area contributed by atoms with Crippen LogP contribution in [0.4, 0.5) is 5.69 Å². The summed E-state index contributed by atoms with van der Waals surface area (Å²) in [4.78, 5) is 24.0. The first kappa shape index (κ1) is 18.2. The number of phenols is 1. The molecule has 2 aromatic rings. The minimum absolute atomic E-state index is 0.0943. The van der Waals surface area contributed by atoms with Crippen LogP contribution in [0, 0.1) is 5.41 Å². The molecule has 0 atom stereocenters. The summed E-state index contributed by atoms with van der Waals surface area (Å²) in [5.41, 5.74) is 3.74. The van der Waals surface area contributed by atoms with Crippen LogP contribution in [0.1, 0.15) is 36.7 Å². The predicted molar refractivity (Wildman–Crippen MR) is 97.7 cm³/mol. The maximum absolute atomic E-state index is 12.0. The van der Waals surface area contributed by atoms with Crippen molar-refractivity contribution in [1.82, 2.24) is 5.43 Å². The molecule has 3 N–H and O–H groups in total. The van der Waals surface area contributed by atoms with Gasteiger partial charge in [-0.15, -0.1) is 0 Å². The van der Waals surface area contributed by atoms with Gasteiger partial charge in [0.2, 0.25) is 5.91 Å². The number of carbonyl (C=O) groups is 2. The summed E-state index contributed by atoms with van der Waals surface area (Å²) in [6.45, 7) is 5.49. The minimum atomic E-state index is -0.487. The van der Waals surface area contributed by atoms with Gasteiger partial charge in [-0.2, -0.15) is 5.10 Å². The Bertz CT molecular complexity index is 773. The molecule has 2 rings (SSSR count). The molecule has 25 heavy (non-hydrogen) atoms. The fraction of sp³-hybridized carbons (Fsp3) is 0.211. The Morgan fingerprint density at radius 2 is 1.60 bits per heavy atom. The number of anilines is 1. The molecule has 130 valence electrons. The van der Waals surface area contributed by atoms with E-state index in [1.807, 2.05) is 20.8 Å². The summed E-state index contributed by atoms with van der Waals surface area (Å²) in [7, 11) is 0. The standard InChI is InChI=1S/C19H21N3O3/c1-19(2,3)18(25)21-15-8-6-14(7-9-15)17(24)22-20-12-13-4-10-16(23)11-5-13/h4-12,23H,1-3H3,(H,21,25)(H,22,24)/b20-12-. The lowest BCUT2D eigenvalue weighted by molar-refractivity contribution is -0.123. The van der Waals surface area contributed by atoms with E-state index in [0.717, 1.165) is 5.56 Å². The zero-order valence-corrected chi connectivity index (χ0v) is 14.4. The average molecular weight is 339 g/mol. The van der Waals surface area contributed by atoms with Crippen LogP contribution in [0.5, 0.6) is 5.75 Å². The second kappa shape index (κ2) is 7.61. The smallest absolute Gasteiger partial charge is 0.271 e. The molecule has 6 nitrogen and oxygen atoms in total. The highest BCUT2D eigenvalue weighted by Crippen LogP contribution is 2.17. The van der Waals surface area contributed by atoms with Crippen molar-refractivity contribution in [3.8, 4) is 5.75 Å². The van der Waals surface area contributed by atoms with Crippen LogP contribution in [0.3, 0.4) is 0 Å². The molecule has 0 saturated carbocycles. The molecule has 0 bridgehead atoms. The Hall–Kier alpha value is -3.15. The van der Waals surface area contributed by atoms with Gasteiger partial charge < -0.3 is 10.4 Å². The van der Waals surface area contributed by atoms with Crippen molar-refractivity contribution in [3.63, 3.8) is 0 Å². The molecule has 0 saturated heterocycles. The SMILES string of the molecule is CC(C)(C)C(=O)Nc1ccc(C(=O)N/N=C\c2ccc(O)cc2)cc1. The van der Waals surface area contributed by atoms with E-state index in [1.165, 1.54) is 18.3 Å². The maximum Gasteiger partial charge on any atom is 0.271 e. The molecule has 2 aromatic carbocycles. The Balaban J connectivity index is 1.94. The Labute approximate surface area is 146 Å². The molecule has 2 amide bonds. The molecule has 0 heterocycles. The van der Waals surface area contributed by atoms with E-state index in [4.69, 9.17) is 0 Å². The summed E-state index contributed by atoms with van der Waals surface area (Å²) in [5, 5.41) is 15.9. The van der Waals surface area contributed by atoms with Gasteiger partial charge in [0.15, 0.2) is 0 Å². The summed E-state index contributed by atoms with van der Waals surface area (Å²) in [5.74, 6) is -0.285. The largest absolute Gasteiger partial charge is 0.508 e. The van der Waals surface area contributed by atoms with Crippen molar-refractivity contribution in [2.75, 3.05) is 5.32 Å². The number of benzene rings is 2. The molecule has 0 unspecified atom stereocenters. The van der Waals surface area contributed by atoms with Gasteiger partial charge in [0.1, 0.15) is 5.75 Å². The lowest BCUT2D eigenvalue weighted by Crippen LogP contribution is -2.27. The van der Waals surface area contributed by atoms with Gasteiger partial charge in [0, 0.05) is 16.7 Å². The zero-order valence-electron chi connectivity index (χ0n) is 14.4. The molecule has 0 aliphatic heterocycles. The molecule has 0 fully saturated rings. The number of rotatable bonds is 4. The van der Waals surface area contributed by atoms with Crippen molar-refractivity contribution in [2.24, 2.45) is 10.5 Å². The third-order valence-electron chi connectivity index (χ3n) is 3.36. The van der Waals surface area contributed by atoms with Crippen LogP contribution in [0.15, 0.2) is 53.6 Å². The van der Waals surface area contributed by atoms with E-state index >= 15 is 0 Å². The highest BCUT2D eigenvalue weighted by Gasteiger charge is 2.21. The number of hydrogen-bond donors (Lipinski definition) is 3.